The second-order valence-corrected chi connectivity index (χ2v) is 7.27. The van der Waals surface area contributed by atoms with Gasteiger partial charge in [0.15, 0.2) is 0 Å². The maximum absolute atomic E-state index is 13.0. The predicted molar refractivity (Wildman–Crippen MR) is 121 cm³/mol. The van der Waals surface area contributed by atoms with Crippen molar-refractivity contribution in [2.75, 3.05) is 44.3 Å². The van der Waals surface area contributed by atoms with Gasteiger partial charge in [-0.1, -0.05) is 30.3 Å². The zero-order valence-corrected chi connectivity index (χ0v) is 18.3. The lowest BCUT2D eigenvalue weighted by Crippen LogP contribution is -2.61. The van der Waals surface area contributed by atoms with Crippen LogP contribution in [0.2, 0.25) is 0 Å². The number of aliphatic hydroxyl groups is 1. The zero-order valence-electron chi connectivity index (χ0n) is 16.6. The number of piperidine rings is 1. The molecular weight excluding hydrogens is 427 g/mol. The highest BCUT2D eigenvalue weighted by atomic mass is 35.5. The first-order valence-electron chi connectivity index (χ1n) is 9.75. The molecule has 1 amide bonds. The van der Waals surface area contributed by atoms with Gasteiger partial charge in [-0.05, 0) is 30.7 Å². The van der Waals surface area contributed by atoms with Gasteiger partial charge in [0.1, 0.15) is 5.82 Å². The molecule has 3 N–H and O–H groups in total. The predicted octanol–water partition coefficient (Wildman–Crippen LogP) is 1.74. The van der Waals surface area contributed by atoms with Crippen LogP contribution >= 0.6 is 24.8 Å². The first-order valence-corrected chi connectivity index (χ1v) is 9.75. The maximum Gasteiger partial charge on any atom is 0.253 e. The Hall–Kier alpha value is -1.90. The van der Waals surface area contributed by atoms with E-state index in [0.29, 0.717) is 31.7 Å². The summed E-state index contributed by atoms with van der Waals surface area (Å²) < 4.78 is 5.37. The number of ether oxygens (including phenoxy) is 1. The van der Waals surface area contributed by atoms with Gasteiger partial charge in [0.05, 0.1) is 30.4 Å². The van der Waals surface area contributed by atoms with E-state index < -0.39 is 11.6 Å². The molecule has 2 aliphatic heterocycles. The fourth-order valence-electron chi connectivity index (χ4n) is 3.93. The highest BCUT2D eigenvalue weighted by Crippen LogP contribution is 2.31. The largest absolute Gasteiger partial charge is 0.389 e. The first kappa shape index (κ1) is 24.4. The quantitative estimate of drug-likeness (QED) is 0.652. The number of halogens is 2. The lowest BCUT2D eigenvalue weighted by molar-refractivity contribution is 0.0289. The van der Waals surface area contributed by atoms with Gasteiger partial charge in [0.25, 0.3) is 5.91 Å². The molecule has 30 heavy (non-hydrogen) atoms. The zero-order chi connectivity index (χ0) is 19.4. The third kappa shape index (κ3) is 5.04. The van der Waals surface area contributed by atoms with E-state index in [1.54, 1.807) is 12.3 Å². The number of hydrogen-bond acceptors (Lipinski definition) is 6. The number of nitrogens with zero attached hydrogens (tertiary/aromatic N) is 2. The number of hydrogen-bond donors (Lipinski definition) is 3. The summed E-state index contributed by atoms with van der Waals surface area (Å²) in [4.78, 5) is 19.6. The van der Waals surface area contributed by atoms with E-state index >= 15 is 0 Å². The SMILES string of the molecule is Cl.Cl.O=C(N[C@]1(c2ccccc2)CCNC[C@H]1O)c1ccc(N2CCOCC2)nc1. The maximum atomic E-state index is 13.0. The van der Waals surface area contributed by atoms with E-state index in [1.807, 2.05) is 36.4 Å². The molecule has 164 valence electrons. The average molecular weight is 455 g/mol. The van der Waals surface area contributed by atoms with Crippen molar-refractivity contribution in [1.82, 2.24) is 15.6 Å². The first-order chi connectivity index (χ1) is 13.7. The summed E-state index contributed by atoms with van der Waals surface area (Å²) >= 11 is 0. The van der Waals surface area contributed by atoms with Gasteiger partial charge in [-0.15, -0.1) is 24.8 Å². The van der Waals surface area contributed by atoms with Crippen molar-refractivity contribution < 1.29 is 14.6 Å². The molecule has 0 aliphatic carbocycles. The van der Waals surface area contributed by atoms with Crippen molar-refractivity contribution in [3.05, 3.63) is 59.8 Å². The van der Waals surface area contributed by atoms with Crippen LogP contribution in [0.15, 0.2) is 48.7 Å². The number of β-amino-alcohol motifs (C(OH)–C–C–N with tert-alkyl or cyclic N) is 1. The molecule has 0 spiro atoms. The lowest BCUT2D eigenvalue weighted by Gasteiger charge is -2.43. The van der Waals surface area contributed by atoms with E-state index in [9.17, 15) is 9.90 Å². The van der Waals surface area contributed by atoms with Gasteiger partial charge in [-0.3, -0.25) is 4.79 Å². The van der Waals surface area contributed by atoms with E-state index in [4.69, 9.17) is 4.74 Å². The number of nitrogens with one attached hydrogen (secondary N) is 2. The number of morpholine rings is 1. The van der Waals surface area contributed by atoms with Crippen LogP contribution in [-0.2, 0) is 10.3 Å². The third-order valence-corrected chi connectivity index (χ3v) is 5.57. The minimum atomic E-state index is -0.813. The minimum Gasteiger partial charge on any atom is -0.389 e. The molecule has 0 bridgehead atoms. The molecule has 3 heterocycles. The van der Waals surface area contributed by atoms with E-state index in [0.717, 1.165) is 31.0 Å². The van der Waals surface area contributed by atoms with Crippen LogP contribution in [-0.4, -0.2) is 61.5 Å². The van der Waals surface area contributed by atoms with Crippen LogP contribution in [0.3, 0.4) is 0 Å². The van der Waals surface area contributed by atoms with Crippen LogP contribution < -0.4 is 15.5 Å². The van der Waals surface area contributed by atoms with Crippen LogP contribution in [0.5, 0.6) is 0 Å². The van der Waals surface area contributed by atoms with Crippen molar-refractivity contribution in [3.8, 4) is 0 Å². The van der Waals surface area contributed by atoms with Crippen LogP contribution in [0.4, 0.5) is 5.82 Å². The summed E-state index contributed by atoms with van der Waals surface area (Å²) in [5.74, 6) is 0.616. The van der Waals surface area contributed by atoms with Crippen LogP contribution in [0, 0.1) is 0 Å². The molecule has 1 aromatic heterocycles. The van der Waals surface area contributed by atoms with Gasteiger partial charge in [-0.25, -0.2) is 4.98 Å². The second kappa shape index (κ2) is 10.9. The summed E-state index contributed by atoms with van der Waals surface area (Å²) in [5, 5.41) is 17.1. The van der Waals surface area contributed by atoms with E-state index in [2.05, 4.69) is 20.5 Å². The number of amides is 1. The Kier molecular flexibility index (Phi) is 8.88. The van der Waals surface area contributed by atoms with Crippen molar-refractivity contribution >= 4 is 36.5 Å². The van der Waals surface area contributed by atoms with Gasteiger partial charge in [0.2, 0.25) is 0 Å². The molecule has 2 aromatic rings. The van der Waals surface area contributed by atoms with Crippen LogP contribution in [0.1, 0.15) is 22.3 Å². The fraction of sp³-hybridized carbons (Fsp3) is 0.429. The standard InChI is InChI=1S/C21H26N4O3.2ClH/c26-18-15-22-9-8-21(18,17-4-2-1-3-5-17)24-20(27)16-6-7-19(23-14-16)25-10-12-28-13-11-25;;/h1-7,14,18,22,26H,8-13,15H2,(H,24,27);2*1H/t18-,21+;;/m1../s1. The smallest absolute Gasteiger partial charge is 0.253 e. The van der Waals surface area contributed by atoms with Gasteiger partial charge in [-0.2, -0.15) is 0 Å². The highest BCUT2D eigenvalue weighted by Gasteiger charge is 2.42. The number of pyridine rings is 1. The molecule has 0 unspecified atom stereocenters. The monoisotopic (exact) mass is 454 g/mol. The van der Waals surface area contributed by atoms with Gasteiger partial charge in [0, 0.05) is 25.8 Å². The van der Waals surface area contributed by atoms with Crippen LogP contribution in [0.25, 0.3) is 0 Å². The number of aromatic nitrogens is 1. The molecule has 0 radical (unpaired) electrons. The van der Waals surface area contributed by atoms with Crippen molar-refractivity contribution in [3.63, 3.8) is 0 Å². The summed E-state index contributed by atoms with van der Waals surface area (Å²) in [6.45, 7) is 4.14. The number of aliphatic hydroxyl groups excluding tert-OH is 1. The normalized spacial score (nSPS) is 23.6. The number of anilines is 1. The molecule has 2 atom stereocenters. The second-order valence-electron chi connectivity index (χ2n) is 7.27. The Morgan fingerprint density at radius 2 is 1.90 bits per heavy atom. The minimum absolute atomic E-state index is 0. The molecule has 1 aromatic carbocycles. The van der Waals surface area contributed by atoms with E-state index in [-0.39, 0.29) is 30.7 Å². The number of carbonyl (C=O) groups excluding carboxylic acids is 1. The van der Waals surface area contributed by atoms with Crippen molar-refractivity contribution in [1.29, 1.82) is 0 Å². The highest BCUT2D eigenvalue weighted by molar-refractivity contribution is 5.94. The molecular formula is C21H28Cl2N4O3. The summed E-state index contributed by atoms with van der Waals surface area (Å²) in [5.41, 5.74) is 0.584. The molecule has 2 aliphatic rings. The summed E-state index contributed by atoms with van der Waals surface area (Å²) in [6.07, 6.45) is 1.50. The fourth-order valence-corrected chi connectivity index (χ4v) is 3.93. The Balaban J connectivity index is 0.00000160. The number of benzene rings is 1. The topological polar surface area (TPSA) is 86.7 Å². The Morgan fingerprint density at radius 3 is 2.53 bits per heavy atom. The summed E-state index contributed by atoms with van der Waals surface area (Å²) in [7, 11) is 0. The van der Waals surface area contributed by atoms with Crippen molar-refractivity contribution in [2.24, 2.45) is 0 Å². The molecule has 2 fully saturated rings. The average Bonchev–Trinajstić information content (AvgIpc) is 2.77. The van der Waals surface area contributed by atoms with Gasteiger partial charge >= 0.3 is 0 Å². The third-order valence-electron chi connectivity index (χ3n) is 5.57. The summed E-state index contributed by atoms with van der Waals surface area (Å²) in [6, 6.07) is 13.4. The molecule has 7 nitrogen and oxygen atoms in total. The molecule has 2 saturated heterocycles. The Bertz CT molecular complexity index is 804. The molecule has 0 saturated carbocycles. The van der Waals surface area contributed by atoms with Gasteiger partial charge < -0.3 is 25.4 Å². The molecule has 9 heteroatoms. The van der Waals surface area contributed by atoms with E-state index in [1.165, 1.54) is 0 Å². The number of carbonyl (C=O) groups is 1. The Labute approximate surface area is 189 Å². The molecule has 4 rings (SSSR count). The lowest BCUT2D eigenvalue weighted by atomic mass is 9.79. The van der Waals surface area contributed by atoms with Crippen molar-refractivity contribution in [2.45, 2.75) is 18.1 Å². The Morgan fingerprint density at radius 1 is 1.17 bits per heavy atom. The number of rotatable bonds is 4.